The number of allylic oxidation sites excluding steroid dienone is 2. The van der Waals surface area contributed by atoms with Gasteiger partial charge in [-0.1, -0.05) is 37.8 Å². The molecular formula is C20H39O4P. The van der Waals surface area contributed by atoms with Gasteiger partial charge in [0.2, 0.25) is 0 Å². The van der Waals surface area contributed by atoms with Crippen molar-refractivity contribution < 1.29 is 18.7 Å². The van der Waals surface area contributed by atoms with Crippen LogP contribution < -0.4 is 0 Å². The first kappa shape index (κ1) is 22.9. The lowest BCUT2D eigenvalue weighted by atomic mass is 9.79. The minimum atomic E-state index is -3.33. The van der Waals surface area contributed by atoms with Crippen molar-refractivity contribution in [3.63, 3.8) is 0 Å². The molecule has 1 rings (SSSR count). The highest BCUT2D eigenvalue weighted by atomic mass is 31.2. The molecule has 0 amide bonds. The first-order chi connectivity index (χ1) is 11.8. The fourth-order valence-corrected chi connectivity index (χ4v) is 6.49. The molecule has 0 aromatic rings. The van der Waals surface area contributed by atoms with Crippen molar-refractivity contribution in [1.82, 2.24) is 0 Å². The predicted molar refractivity (Wildman–Crippen MR) is 105 cm³/mol. The normalized spacial score (nSPS) is 20.1. The Bertz CT molecular complexity index is 441. The molecule has 4 nitrogen and oxygen atoms in total. The van der Waals surface area contributed by atoms with Crippen LogP contribution in [0, 0.1) is 5.92 Å². The van der Waals surface area contributed by atoms with E-state index in [9.17, 15) is 9.67 Å². The second-order valence-corrected chi connectivity index (χ2v) is 9.97. The molecule has 0 aromatic heterocycles. The summed E-state index contributed by atoms with van der Waals surface area (Å²) in [6, 6.07) is 0. The summed E-state index contributed by atoms with van der Waals surface area (Å²) in [6.07, 6.45) is 9.46. The number of aliphatic hydroxyl groups is 1. The van der Waals surface area contributed by atoms with Gasteiger partial charge < -0.3 is 14.2 Å². The van der Waals surface area contributed by atoms with Crippen molar-refractivity contribution in [3.05, 3.63) is 11.6 Å². The van der Waals surface area contributed by atoms with Gasteiger partial charge in [-0.2, -0.15) is 0 Å². The lowest BCUT2D eigenvalue weighted by Crippen LogP contribution is -2.45. The Kier molecular flexibility index (Phi) is 9.95. The van der Waals surface area contributed by atoms with E-state index in [0.29, 0.717) is 38.4 Å². The molecule has 1 fully saturated rings. The highest BCUT2D eigenvalue weighted by molar-refractivity contribution is 7.54. The molecule has 0 radical (unpaired) electrons. The first-order valence-corrected chi connectivity index (χ1v) is 11.6. The van der Waals surface area contributed by atoms with E-state index in [0.717, 1.165) is 32.1 Å². The zero-order chi connectivity index (χ0) is 18.9. The van der Waals surface area contributed by atoms with E-state index in [4.69, 9.17) is 9.05 Å². The van der Waals surface area contributed by atoms with Crippen LogP contribution >= 0.6 is 7.60 Å². The fraction of sp³-hybridized carbons (Fsp3) is 0.900. The topological polar surface area (TPSA) is 55.8 Å². The second kappa shape index (κ2) is 10.9. The van der Waals surface area contributed by atoms with E-state index >= 15 is 0 Å². The number of hydrogen-bond acceptors (Lipinski definition) is 4. The molecule has 0 aliphatic heterocycles. The Morgan fingerprint density at radius 1 is 1.16 bits per heavy atom. The van der Waals surface area contributed by atoms with Crippen LogP contribution in [0.15, 0.2) is 11.6 Å². The van der Waals surface area contributed by atoms with Gasteiger partial charge >= 0.3 is 7.60 Å². The minimum Gasteiger partial charge on any atom is -0.389 e. The summed E-state index contributed by atoms with van der Waals surface area (Å²) < 4.78 is 24.8. The average molecular weight is 375 g/mol. The van der Waals surface area contributed by atoms with Gasteiger partial charge in [-0.3, -0.25) is 4.57 Å². The van der Waals surface area contributed by atoms with Crippen molar-refractivity contribution in [2.24, 2.45) is 5.92 Å². The van der Waals surface area contributed by atoms with Crippen LogP contribution in [0.3, 0.4) is 0 Å². The number of rotatable bonds is 11. The fourth-order valence-electron chi connectivity index (χ4n) is 3.87. The maximum atomic E-state index is 13.5. The summed E-state index contributed by atoms with van der Waals surface area (Å²) in [7, 11) is -3.33. The molecular weight excluding hydrogens is 335 g/mol. The monoisotopic (exact) mass is 374 g/mol. The Morgan fingerprint density at radius 2 is 1.72 bits per heavy atom. The Morgan fingerprint density at radius 3 is 2.20 bits per heavy atom. The molecule has 0 heterocycles. The molecule has 1 aliphatic carbocycles. The average Bonchev–Trinajstić information content (AvgIpc) is 2.53. The molecule has 2 atom stereocenters. The van der Waals surface area contributed by atoms with Crippen LogP contribution in [0.5, 0.6) is 0 Å². The van der Waals surface area contributed by atoms with Gasteiger partial charge in [0.25, 0.3) is 0 Å². The molecule has 5 heteroatoms. The molecule has 25 heavy (non-hydrogen) atoms. The lowest BCUT2D eigenvalue weighted by Gasteiger charge is -2.42. The summed E-state index contributed by atoms with van der Waals surface area (Å²) >= 11 is 0. The molecule has 148 valence electrons. The third-order valence-corrected chi connectivity index (χ3v) is 7.87. The summed E-state index contributed by atoms with van der Waals surface area (Å²) in [5, 5.41) is 11.3. The molecule has 0 saturated heterocycles. The molecule has 0 bridgehead atoms. The van der Waals surface area contributed by atoms with E-state index in [2.05, 4.69) is 26.8 Å². The van der Waals surface area contributed by atoms with Crippen LogP contribution in [-0.4, -0.2) is 29.6 Å². The standard InChI is InChI=1S/C20H39O4P/c1-6-23-25(22,24-7-2)19(20(21)14-9-8-10-15-20)16-18(5)13-11-12-17(3)4/h12,18-19,21H,6-11,13-16H2,1-5H3. The maximum absolute atomic E-state index is 13.5. The third kappa shape index (κ3) is 7.17. The first-order valence-electron chi connectivity index (χ1n) is 10.0. The molecule has 1 N–H and O–H groups in total. The van der Waals surface area contributed by atoms with Crippen LogP contribution in [-0.2, 0) is 13.6 Å². The quantitative estimate of drug-likeness (QED) is 0.351. The van der Waals surface area contributed by atoms with Crippen LogP contribution in [0.4, 0.5) is 0 Å². The van der Waals surface area contributed by atoms with Crippen LogP contribution in [0.2, 0.25) is 0 Å². The lowest BCUT2D eigenvalue weighted by molar-refractivity contribution is -0.0140. The summed E-state index contributed by atoms with van der Waals surface area (Å²) in [5.41, 5.74) is -0.0334. The van der Waals surface area contributed by atoms with Gasteiger partial charge in [-0.05, 0) is 65.7 Å². The highest BCUT2D eigenvalue weighted by Crippen LogP contribution is 2.60. The van der Waals surface area contributed by atoms with E-state index in [1.165, 1.54) is 5.57 Å². The Labute approximate surface area is 154 Å². The van der Waals surface area contributed by atoms with Crippen molar-refractivity contribution in [2.45, 2.75) is 97.2 Å². The largest absolute Gasteiger partial charge is 0.389 e. The van der Waals surface area contributed by atoms with Crippen molar-refractivity contribution >= 4 is 7.60 Å². The molecule has 0 spiro atoms. The smallest absolute Gasteiger partial charge is 0.336 e. The van der Waals surface area contributed by atoms with E-state index < -0.39 is 18.9 Å². The SMILES string of the molecule is CCOP(=O)(OCC)C(CC(C)CCC=C(C)C)C1(O)CCCCC1. The van der Waals surface area contributed by atoms with Crippen LogP contribution in [0.1, 0.15) is 86.0 Å². The van der Waals surface area contributed by atoms with E-state index in [1.807, 2.05) is 13.8 Å². The summed E-state index contributed by atoms with van der Waals surface area (Å²) in [4.78, 5) is 0. The van der Waals surface area contributed by atoms with Crippen molar-refractivity contribution in [1.29, 1.82) is 0 Å². The number of hydrogen-bond donors (Lipinski definition) is 1. The third-order valence-electron chi connectivity index (χ3n) is 5.18. The van der Waals surface area contributed by atoms with Crippen molar-refractivity contribution in [3.8, 4) is 0 Å². The highest BCUT2D eigenvalue weighted by Gasteiger charge is 2.50. The maximum Gasteiger partial charge on any atom is 0.336 e. The molecule has 1 aliphatic rings. The second-order valence-electron chi connectivity index (χ2n) is 7.76. The van der Waals surface area contributed by atoms with Gasteiger partial charge in [0.1, 0.15) is 0 Å². The van der Waals surface area contributed by atoms with Gasteiger partial charge in [0.15, 0.2) is 0 Å². The Balaban J connectivity index is 2.97. The van der Waals surface area contributed by atoms with Crippen LogP contribution in [0.25, 0.3) is 0 Å². The zero-order valence-corrected chi connectivity index (χ0v) is 17.8. The van der Waals surface area contributed by atoms with Crippen molar-refractivity contribution in [2.75, 3.05) is 13.2 Å². The van der Waals surface area contributed by atoms with Gasteiger partial charge in [0, 0.05) is 0 Å². The van der Waals surface area contributed by atoms with E-state index in [1.54, 1.807) is 0 Å². The zero-order valence-electron chi connectivity index (χ0n) is 16.9. The Hall–Kier alpha value is -0.150. The molecule has 1 saturated carbocycles. The summed E-state index contributed by atoms with van der Waals surface area (Å²) in [6.45, 7) is 10.8. The van der Waals surface area contributed by atoms with Gasteiger partial charge in [-0.15, -0.1) is 0 Å². The van der Waals surface area contributed by atoms with Gasteiger partial charge in [0.05, 0.1) is 24.5 Å². The molecule has 2 unspecified atom stereocenters. The predicted octanol–water partition coefficient (Wildman–Crippen LogP) is 6.09. The van der Waals surface area contributed by atoms with E-state index in [-0.39, 0.29) is 0 Å². The molecule has 0 aromatic carbocycles. The summed E-state index contributed by atoms with van der Waals surface area (Å²) in [5.74, 6) is 0.362. The minimum absolute atomic E-state index is 0.343. The van der Waals surface area contributed by atoms with Gasteiger partial charge in [-0.25, -0.2) is 0 Å².